The molecule has 23 heavy (non-hydrogen) atoms. The summed E-state index contributed by atoms with van der Waals surface area (Å²) in [5.41, 5.74) is 1.68. The van der Waals surface area contributed by atoms with Crippen molar-refractivity contribution in [3.63, 3.8) is 0 Å². The third-order valence-electron chi connectivity index (χ3n) is 3.52. The summed E-state index contributed by atoms with van der Waals surface area (Å²) in [5.74, 6) is 0.0617. The molecule has 0 radical (unpaired) electrons. The Kier molecular flexibility index (Phi) is 3.88. The molecule has 1 aromatic carbocycles. The van der Waals surface area contributed by atoms with Gasteiger partial charge in [0.2, 0.25) is 0 Å². The number of carbonyl (C=O) groups is 1. The molecule has 0 saturated heterocycles. The van der Waals surface area contributed by atoms with Gasteiger partial charge in [0.25, 0.3) is 0 Å². The molecule has 3 aromatic rings. The first kappa shape index (κ1) is 14.9. The van der Waals surface area contributed by atoms with E-state index < -0.39 is 5.97 Å². The van der Waals surface area contributed by atoms with E-state index in [1.54, 1.807) is 25.1 Å². The minimum absolute atomic E-state index is 0.145. The van der Waals surface area contributed by atoms with Crippen molar-refractivity contribution in [3.8, 4) is 0 Å². The van der Waals surface area contributed by atoms with Gasteiger partial charge in [-0.05, 0) is 32.0 Å². The van der Waals surface area contributed by atoms with E-state index in [1.807, 2.05) is 11.5 Å². The zero-order valence-electron chi connectivity index (χ0n) is 12.7. The summed E-state index contributed by atoms with van der Waals surface area (Å²) in [6.07, 6.45) is 0. The van der Waals surface area contributed by atoms with Crippen LogP contribution in [0.2, 0.25) is 0 Å². The third-order valence-corrected chi connectivity index (χ3v) is 3.52. The average molecular weight is 313 g/mol. The SMILES string of the molecule is CCOC(=O)c1ccc2c(c1)c(=O)cc(C)n2Cc1nn[nH]n1. The van der Waals surface area contributed by atoms with Crippen molar-refractivity contribution >= 4 is 16.9 Å². The van der Waals surface area contributed by atoms with Crippen molar-refractivity contribution in [1.82, 2.24) is 25.2 Å². The number of tetrazole rings is 1. The van der Waals surface area contributed by atoms with Gasteiger partial charge < -0.3 is 9.30 Å². The molecule has 3 rings (SSSR count). The van der Waals surface area contributed by atoms with Gasteiger partial charge >= 0.3 is 5.97 Å². The summed E-state index contributed by atoms with van der Waals surface area (Å²) < 4.78 is 6.88. The largest absolute Gasteiger partial charge is 0.462 e. The number of carbonyl (C=O) groups excluding carboxylic acids is 1. The lowest BCUT2D eigenvalue weighted by Crippen LogP contribution is -2.14. The molecule has 0 aliphatic heterocycles. The van der Waals surface area contributed by atoms with Crippen LogP contribution in [-0.2, 0) is 11.3 Å². The lowest BCUT2D eigenvalue weighted by atomic mass is 10.1. The minimum atomic E-state index is -0.445. The van der Waals surface area contributed by atoms with Crippen LogP contribution in [0.1, 0.15) is 28.8 Å². The molecule has 0 fully saturated rings. The van der Waals surface area contributed by atoms with Crippen LogP contribution in [0.4, 0.5) is 0 Å². The van der Waals surface area contributed by atoms with Crippen molar-refractivity contribution in [1.29, 1.82) is 0 Å². The van der Waals surface area contributed by atoms with Gasteiger partial charge in [0.1, 0.15) is 0 Å². The van der Waals surface area contributed by atoms with E-state index >= 15 is 0 Å². The lowest BCUT2D eigenvalue weighted by Gasteiger charge is -2.13. The topological polar surface area (TPSA) is 103 Å². The summed E-state index contributed by atoms with van der Waals surface area (Å²) >= 11 is 0. The van der Waals surface area contributed by atoms with Crippen LogP contribution in [0, 0.1) is 6.92 Å². The number of esters is 1. The van der Waals surface area contributed by atoms with E-state index in [9.17, 15) is 9.59 Å². The van der Waals surface area contributed by atoms with Crippen molar-refractivity contribution in [2.24, 2.45) is 0 Å². The number of rotatable bonds is 4. The number of aryl methyl sites for hydroxylation is 1. The predicted octanol–water partition coefficient (Wildman–Crippen LogP) is 1.05. The number of ether oxygens (including phenoxy) is 1. The molecule has 0 amide bonds. The van der Waals surface area contributed by atoms with Crippen molar-refractivity contribution < 1.29 is 9.53 Å². The third kappa shape index (κ3) is 2.83. The van der Waals surface area contributed by atoms with Crippen LogP contribution in [0.25, 0.3) is 10.9 Å². The average Bonchev–Trinajstić information content (AvgIpc) is 3.04. The van der Waals surface area contributed by atoms with E-state index in [0.717, 1.165) is 5.69 Å². The highest BCUT2D eigenvalue weighted by molar-refractivity contribution is 5.94. The fraction of sp³-hybridized carbons (Fsp3) is 0.267. The molecule has 0 aliphatic rings. The Labute approximate surface area is 131 Å². The molecule has 0 bridgehead atoms. The van der Waals surface area contributed by atoms with Crippen LogP contribution >= 0.6 is 0 Å². The van der Waals surface area contributed by atoms with Gasteiger partial charge in [-0.1, -0.05) is 5.21 Å². The Hall–Kier alpha value is -3.03. The first-order valence-corrected chi connectivity index (χ1v) is 7.13. The molecule has 8 heteroatoms. The Bertz CT molecular complexity index is 915. The van der Waals surface area contributed by atoms with E-state index in [2.05, 4.69) is 20.6 Å². The smallest absolute Gasteiger partial charge is 0.338 e. The van der Waals surface area contributed by atoms with Gasteiger partial charge in [0.05, 0.1) is 24.2 Å². The first-order chi connectivity index (χ1) is 11.1. The zero-order valence-corrected chi connectivity index (χ0v) is 12.7. The fourth-order valence-corrected chi connectivity index (χ4v) is 2.45. The van der Waals surface area contributed by atoms with Gasteiger partial charge in [-0.25, -0.2) is 4.79 Å². The molecule has 1 N–H and O–H groups in total. The van der Waals surface area contributed by atoms with Gasteiger partial charge in [-0.3, -0.25) is 4.79 Å². The summed E-state index contributed by atoms with van der Waals surface area (Å²) in [4.78, 5) is 24.1. The Morgan fingerprint density at radius 3 is 2.87 bits per heavy atom. The van der Waals surface area contributed by atoms with Crippen LogP contribution in [0.15, 0.2) is 29.1 Å². The molecule has 2 heterocycles. The number of hydrogen-bond donors (Lipinski definition) is 1. The highest BCUT2D eigenvalue weighted by atomic mass is 16.5. The standard InChI is InChI=1S/C15H15N5O3/c1-3-23-15(22)10-4-5-12-11(7-10)13(21)6-9(2)20(12)8-14-16-18-19-17-14/h4-7H,3,8H2,1-2H3,(H,16,17,18,19). The summed E-state index contributed by atoms with van der Waals surface area (Å²) in [6, 6.07) is 6.46. The molecule has 0 saturated carbocycles. The van der Waals surface area contributed by atoms with Crippen LogP contribution < -0.4 is 5.43 Å². The second-order valence-electron chi connectivity index (χ2n) is 5.02. The Morgan fingerprint density at radius 1 is 1.35 bits per heavy atom. The monoisotopic (exact) mass is 313 g/mol. The molecule has 0 unspecified atom stereocenters. The van der Waals surface area contributed by atoms with Crippen molar-refractivity contribution in [2.75, 3.05) is 6.61 Å². The molecule has 8 nitrogen and oxygen atoms in total. The van der Waals surface area contributed by atoms with Gasteiger partial charge in [0.15, 0.2) is 11.3 Å². The maximum absolute atomic E-state index is 12.3. The van der Waals surface area contributed by atoms with E-state index in [-0.39, 0.29) is 12.0 Å². The quantitative estimate of drug-likeness (QED) is 0.722. The van der Waals surface area contributed by atoms with Crippen LogP contribution in [0.3, 0.4) is 0 Å². The number of H-pyrrole nitrogens is 1. The maximum atomic E-state index is 12.3. The normalized spacial score (nSPS) is 10.9. The van der Waals surface area contributed by atoms with E-state index in [0.29, 0.717) is 28.8 Å². The second kappa shape index (κ2) is 5.99. The van der Waals surface area contributed by atoms with Crippen LogP contribution in [0.5, 0.6) is 0 Å². The van der Waals surface area contributed by atoms with Crippen LogP contribution in [-0.4, -0.2) is 37.8 Å². The Morgan fingerprint density at radius 2 is 2.17 bits per heavy atom. The predicted molar refractivity (Wildman–Crippen MR) is 82.2 cm³/mol. The molecular formula is C15H15N5O3. The number of aromatic amines is 1. The fourth-order valence-electron chi connectivity index (χ4n) is 2.45. The van der Waals surface area contributed by atoms with Crippen molar-refractivity contribution in [3.05, 3.63) is 51.6 Å². The second-order valence-corrected chi connectivity index (χ2v) is 5.02. The van der Waals surface area contributed by atoms with Gasteiger partial charge in [-0.2, -0.15) is 5.21 Å². The molecule has 0 atom stereocenters. The summed E-state index contributed by atoms with van der Waals surface area (Å²) in [5, 5.41) is 14.2. The number of aromatic nitrogens is 5. The lowest BCUT2D eigenvalue weighted by molar-refractivity contribution is 0.0526. The van der Waals surface area contributed by atoms with E-state index in [4.69, 9.17) is 4.74 Å². The maximum Gasteiger partial charge on any atom is 0.338 e. The van der Waals surface area contributed by atoms with E-state index in [1.165, 1.54) is 6.07 Å². The Balaban J connectivity index is 2.14. The van der Waals surface area contributed by atoms with Gasteiger partial charge in [0, 0.05) is 17.1 Å². The number of hydrogen-bond acceptors (Lipinski definition) is 6. The molecule has 2 aromatic heterocycles. The molecule has 118 valence electrons. The van der Waals surface area contributed by atoms with Crippen molar-refractivity contribution in [2.45, 2.75) is 20.4 Å². The number of nitrogens with zero attached hydrogens (tertiary/aromatic N) is 4. The number of benzene rings is 1. The summed E-state index contributed by atoms with van der Waals surface area (Å²) in [6.45, 7) is 4.23. The van der Waals surface area contributed by atoms with Gasteiger partial charge in [-0.15, -0.1) is 10.2 Å². The first-order valence-electron chi connectivity index (χ1n) is 7.13. The summed E-state index contributed by atoms with van der Waals surface area (Å²) in [7, 11) is 0. The highest BCUT2D eigenvalue weighted by Crippen LogP contribution is 2.16. The highest BCUT2D eigenvalue weighted by Gasteiger charge is 2.13. The zero-order chi connectivity index (χ0) is 16.4. The molecule has 0 spiro atoms. The minimum Gasteiger partial charge on any atom is -0.462 e. The molecule has 0 aliphatic carbocycles. The number of fused-ring (bicyclic) bond motifs is 1. The number of nitrogens with one attached hydrogen (secondary N) is 1. The molecular weight excluding hydrogens is 298 g/mol. The number of pyridine rings is 1.